The van der Waals surface area contributed by atoms with Crippen LogP contribution >= 0.6 is 0 Å². The Hall–Kier alpha value is -3.02. The highest BCUT2D eigenvalue weighted by atomic mass is 16.2. The van der Waals surface area contributed by atoms with E-state index < -0.39 is 0 Å². The van der Waals surface area contributed by atoms with Crippen LogP contribution in [-0.2, 0) is 0 Å². The minimum atomic E-state index is -0.226. The molecule has 6 heteroatoms. The highest BCUT2D eigenvalue weighted by Gasteiger charge is 2.08. The summed E-state index contributed by atoms with van der Waals surface area (Å²) in [6.45, 7) is 4.40. The van der Waals surface area contributed by atoms with Gasteiger partial charge in [-0.1, -0.05) is 12.1 Å². The number of anilines is 2. The van der Waals surface area contributed by atoms with Crippen molar-refractivity contribution in [3.05, 3.63) is 58.7 Å². The molecule has 6 N–H and O–H groups in total. The van der Waals surface area contributed by atoms with Gasteiger partial charge in [0.2, 0.25) is 0 Å². The van der Waals surface area contributed by atoms with Crippen molar-refractivity contribution in [3.8, 4) is 0 Å². The van der Waals surface area contributed by atoms with E-state index in [0.29, 0.717) is 35.6 Å². The van der Waals surface area contributed by atoms with Crippen molar-refractivity contribution >= 4 is 23.2 Å². The molecule has 0 saturated carbocycles. The van der Waals surface area contributed by atoms with E-state index in [1.54, 1.807) is 36.4 Å². The van der Waals surface area contributed by atoms with E-state index in [1.807, 2.05) is 13.8 Å². The maximum absolute atomic E-state index is 12.0. The highest BCUT2D eigenvalue weighted by molar-refractivity contribution is 5.96. The van der Waals surface area contributed by atoms with Gasteiger partial charge in [-0.15, -0.1) is 0 Å². The first kappa shape index (κ1) is 17.3. The summed E-state index contributed by atoms with van der Waals surface area (Å²) >= 11 is 0. The Kier molecular flexibility index (Phi) is 5.42. The number of nitrogens with one attached hydrogen (secondary N) is 2. The summed E-state index contributed by atoms with van der Waals surface area (Å²) in [5, 5.41) is 5.48. The molecule has 126 valence electrons. The third-order valence-electron chi connectivity index (χ3n) is 3.78. The lowest BCUT2D eigenvalue weighted by Gasteiger charge is -2.09. The predicted octanol–water partition coefficient (Wildman–Crippen LogP) is 1.63. The number of nitrogen functional groups attached to an aromatic ring is 2. The Balaban J connectivity index is 1.81. The summed E-state index contributed by atoms with van der Waals surface area (Å²) in [7, 11) is 0. The Bertz CT molecular complexity index is 706. The first-order valence-corrected chi connectivity index (χ1v) is 7.67. The average Bonchev–Trinajstić information content (AvgIpc) is 2.56. The molecule has 2 amide bonds. The van der Waals surface area contributed by atoms with E-state index in [9.17, 15) is 9.59 Å². The molecule has 0 unspecified atom stereocenters. The molecule has 0 spiro atoms. The minimum Gasteiger partial charge on any atom is -0.398 e. The van der Waals surface area contributed by atoms with Gasteiger partial charge in [-0.25, -0.2) is 0 Å². The smallest absolute Gasteiger partial charge is 0.251 e. The molecule has 0 bridgehead atoms. The van der Waals surface area contributed by atoms with Gasteiger partial charge in [-0.2, -0.15) is 0 Å². The third kappa shape index (κ3) is 4.25. The molecule has 24 heavy (non-hydrogen) atoms. The number of aryl methyl sites for hydroxylation is 2. The second-order valence-electron chi connectivity index (χ2n) is 5.65. The van der Waals surface area contributed by atoms with Crippen LogP contribution in [0, 0.1) is 13.8 Å². The van der Waals surface area contributed by atoms with Gasteiger partial charge in [0.25, 0.3) is 11.8 Å². The normalized spacial score (nSPS) is 10.2. The van der Waals surface area contributed by atoms with E-state index >= 15 is 0 Å². The summed E-state index contributed by atoms with van der Waals surface area (Å²) in [6.07, 6.45) is 0. The average molecular weight is 326 g/mol. The molecule has 0 radical (unpaired) electrons. The lowest BCUT2D eigenvalue weighted by molar-refractivity contribution is 0.0927. The second kappa shape index (κ2) is 7.50. The van der Waals surface area contributed by atoms with E-state index in [1.165, 1.54) is 0 Å². The van der Waals surface area contributed by atoms with Crippen molar-refractivity contribution in [2.75, 3.05) is 24.6 Å². The van der Waals surface area contributed by atoms with Crippen LogP contribution in [0.1, 0.15) is 31.8 Å². The topological polar surface area (TPSA) is 110 Å². The van der Waals surface area contributed by atoms with Crippen LogP contribution in [0.4, 0.5) is 11.4 Å². The fourth-order valence-corrected chi connectivity index (χ4v) is 2.12. The second-order valence-corrected chi connectivity index (χ2v) is 5.65. The van der Waals surface area contributed by atoms with Gasteiger partial charge in [0.1, 0.15) is 0 Å². The number of carbonyl (C=O) groups excluding carboxylic acids is 2. The molecule has 6 nitrogen and oxygen atoms in total. The number of benzene rings is 2. The molecule has 0 heterocycles. The lowest BCUT2D eigenvalue weighted by atomic mass is 10.1. The summed E-state index contributed by atoms with van der Waals surface area (Å²) in [6, 6.07) is 10.3. The van der Waals surface area contributed by atoms with E-state index in [4.69, 9.17) is 11.5 Å². The molecular formula is C18H22N4O2. The fraction of sp³-hybridized carbons (Fsp3) is 0.222. The lowest BCUT2D eigenvalue weighted by Crippen LogP contribution is -2.34. The van der Waals surface area contributed by atoms with E-state index in [-0.39, 0.29) is 11.8 Å². The van der Waals surface area contributed by atoms with Gasteiger partial charge >= 0.3 is 0 Å². The number of amides is 2. The van der Waals surface area contributed by atoms with Crippen molar-refractivity contribution in [1.82, 2.24) is 10.6 Å². The van der Waals surface area contributed by atoms with Crippen molar-refractivity contribution in [2.45, 2.75) is 13.8 Å². The summed E-state index contributed by atoms with van der Waals surface area (Å²) < 4.78 is 0. The van der Waals surface area contributed by atoms with Crippen LogP contribution in [-0.4, -0.2) is 24.9 Å². The molecule has 2 aromatic carbocycles. The number of rotatable bonds is 5. The zero-order valence-electron chi connectivity index (χ0n) is 13.8. The fourth-order valence-electron chi connectivity index (χ4n) is 2.12. The molecule has 0 saturated heterocycles. The molecule has 0 atom stereocenters. The molecule has 2 aromatic rings. The largest absolute Gasteiger partial charge is 0.398 e. The van der Waals surface area contributed by atoms with Gasteiger partial charge in [0.05, 0.1) is 0 Å². The van der Waals surface area contributed by atoms with Crippen molar-refractivity contribution in [1.29, 1.82) is 0 Å². The van der Waals surface area contributed by atoms with Gasteiger partial charge < -0.3 is 22.1 Å². The summed E-state index contributed by atoms with van der Waals surface area (Å²) in [5.41, 5.74) is 15.6. The SMILES string of the molecule is Cc1ccc(C(=O)NCCNC(=O)c2ccc(C)c(N)c2)cc1N. The Morgan fingerprint density at radius 1 is 0.792 bits per heavy atom. The Morgan fingerprint density at radius 2 is 1.17 bits per heavy atom. The number of nitrogens with two attached hydrogens (primary N) is 2. The van der Waals surface area contributed by atoms with Crippen molar-refractivity contribution < 1.29 is 9.59 Å². The molecule has 2 rings (SSSR count). The highest BCUT2D eigenvalue weighted by Crippen LogP contribution is 2.13. The van der Waals surface area contributed by atoms with Crippen LogP contribution in [0.3, 0.4) is 0 Å². The molecular weight excluding hydrogens is 304 g/mol. The van der Waals surface area contributed by atoms with Crippen LogP contribution in [0.25, 0.3) is 0 Å². The first-order chi connectivity index (χ1) is 11.4. The van der Waals surface area contributed by atoms with Gasteiger partial charge in [0.15, 0.2) is 0 Å². The number of carbonyl (C=O) groups is 2. The Labute approximate surface area is 141 Å². The molecule has 0 aliphatic carbocycles. The van der Waals surface area contributed by atoms with Crippen molar-refractivity contribution in [2.24, 2.45) is 0 Å². The zero-order valence-corrected chi connectivity index (χ0v) is 13.8. The Morgan fingerprint density at radius 3 is 1.50 bits per heavy atom. The zero-order chi connectivity index (χ0) is 17.7. The maximum atomic E-state index is 12.0. The maximum Gasteiger partial charge on any atom is 0.251 e. The quantitative estimate of drug-likeness (QED) is 0.494. The number of hydrogen-bond donors (Lipinski definition) is 4. The van der Waals surface area contributed by atoms with Gasteiger partial charge in [0, 0.05) is 35.6 Å². The predicted molar refractivity (Wildman–Crippen MR) is 95.8 cm³/mol. The van der Waals surface area contributed by atoms with Gasteiger partial charge in [-0.05, 0) is 49.2 Å². The molecule has 0 aliphatic rings. The third-order valence-corrected chi connectivity index (χ3v) is 3.78. The monoisotopic (exact) mass is 326 g/mol. The first-order valence-electron chi connectivity index (χ1n) is 7.67. The molecule has 0 aromatic heterocycles. The van der Waals surface area contributed by atoms with Crippen LogP contribution in [0.2, 0.25) is 0 Å². The number of hydrogen-bond acceptors (Lipinski definition) is 4. The van der Waals surface area contributed by atoms with Crippen LogP contribution in [0.15, 0.2) is 36.4 Å². The summed E-state index contributed by atoms with van der Waals surface area (Å²) in [5.74, 6) is -0.453. The standard InChI is InChI=1S/C18H22N4O2/c1-11-3-5-13(9-15(11)19)17(23)21-7-8-22-18(24)14-6-4-12(2)16(20)10-14/h3-6,9-10H,7-8,19-20H2,1-2H3,(H,21,23)(H,22,24). The van der Waals surface area contributed by atoms with Crippen LogP contribution in [0.5, 0.6) is 0 Å². The van der Waals surface area contributed by atoms with Crippen molar-refractivity contribution in [3.63, 3.8) is 0 Å². The molecule has 0 fully saturated rings. The van der Waals surface area contributed by atoms with E-state index in [2.05, 4.69) is 10.6 Å². The van der Waals surface area contributed by atoms with Crippen LogP contribution < -0.4 is 22.1 Å². The minimum absolute atomic E-state index is 0.226. The van der Waals surface area contributed by atoms with E-state index in [0.717, 1.165) is 11.1 Å². The summed E-state index contributed by atoms with van der Waals surface area (Å²) in [4.78, 5) is 24.0. The van der Waals surface area contributed by atoms with Gasteiger partial charge in [-0.3, -0.25) is 9.59 Å². The molecule has 0 aliphatic heterocycles.